The molecule has 2 aromatic rings. The van der Waals surface area contributed by atoms with Crippen molar-refractivity contribution in [1.29, 1.82) is 0 Å². The zero-order valence-corrected chi connectivity index (χ0v) is 11.8. The predicted octanol–water partition coefficient (Wildman–Crippen LogP) is 3.45. The summed E-state index contributed by atoms with van der Waals surface area (Å²) in [5.74, 6) is 0.0961. The van der Waals surface area contributed by atoms with Crippen LogP contribution in [0.1, 0.15) is 18.5 Å². The van der Waals surface area contributed by atoms with Crippen LogP contribution in [0.4, 0.5) is 18.9 Å². The normalized spacial score (nSPS) is 14.9. The van der Waals surface area contributed by atoms with Crippen molar-refractivity contribution in [2.24, 2.45) is 13.0 Å². The Labute approximate surface area is 124 Å². The summed E-state index contributed by atoms with van der Waals surface area (Å²) in [5.41, 5.74) is 0.692. The van der Waals surface area contributed by atoms with E-state index in [1.54, 1.807) is 24.3 Å². The van der Waals surface area contributed by atoms with Crippen molar-refractivity contribution in [2.45, 2.75) is 19.0 Å². The first-order valence-corrected chi connectivity index (χ1v) is 6.87. The number of benzene rings is 1. The number of rotatable bonds is 3. The molecule has 0 bridgehead atoms. The number of hydrogen-bond donors (Lipinski definition) is 1. The maximum absolute atomic E-state index is 12.7. The third-order valence-electron chi connectivity index (χ3n) is 3.57. The number of carbonyl (C=O) groups excluding carboxylic acids is 1. The largest absolute Gasteiger partial charge is 0.435 e. The Hall–Kier alpha value is -2.31. The number of anilines is 1. The molecule has 1 fully saturated rings. The summed E-state index contributed by atoms with van der Waals surface area (Å²) in [5, 5.41) is 6.27. The average Bonchev–Trinajstić information content (AvgIpc) is 3.22. The molecular formula is C15H14F3N3O. The third kappa shape index (κ3) is 2.98. The molecule has 0 spiro atoms. The lowest BCUT2D eigenvalue weighted by atomic mass is 10.1. The maximum atomic E-state index is 12.7. The Bertz CT molecular complexity index is 700. The zero-order valence-electron chi connectivity index (χ0n) is 11.8. The number of alkyl halides is 3. The van der Waals surface area contributed by atoms with E-state index in [0.717, 1.165) is 18.9 Å². The molecule has 1 heterocycles. The van der Waals surface area contributed by atoms with Crippen molar-refractivity contribution in [3.05, 3.63) is 36.0 Å². The fourth-order valence-electron chi connectivity index (χ4n) is 2.19. The van der Waals surface area contributed by atoms with Gasteiger partial charge in [-0.3, -0.25) is 9.48 Å². The molecule has 22 heavy (non-hydrogen) atoms. The minimum Gasteiger partial charge on any atom is -0.326 e. The van der Waals surface area contributed by atoms with Crippen LogP contribution in [-0.4, -0.2) is 15.7 Å². The summed E-state index contributed by atoms with van der Waals surface area (Å²) >= 11 is 0. The van der Waals surface area contributed by atoms with Crippen molar-refractivity contribution < 1.29 is 18.0 Å². The Morgan fingerprint density at radius 3 is 2.41 bits per heavy atom. The van der Waals surface area contributed by atoms with Crippen LogP contribution < -0.4 is 5.32 Å². The number of carbonyl (C=O) groups is 1. The summed E-state index contributed by atoms with van der Waals surface area (Å²) in [6, 6.07) is 7.70. The minimum absolute atomic E-state index is 0.00681. The van der Waals surface area contributed by atoms with E-state index < -0.39 is 11.9 Å². The smallest absolute Gasteiger partial charge is 0.326 e. The van der Waals surface area contributed by atoms with Gasteiger partial charge < -0.3 is 5.32 Å². The van der Waals surface area contributed by atoms with E-state index in [1.165, 1.54) is 11.7 Å². The highest BCUT2D eigenvalue weighted by Gasteiger charge is 2.34. The second kappa shape index (κ2) is 5.15. The maximum Gasteiger partial charge on any atom is 0.435 e. The fraction of sp³-hybridized carbons (Fsp3) is 0.333. The molecule has 1 aliphatic carbocycles. The van der Waals surface area contributed by atoms with E-state index in [-0.39, 0.29) is 11.8 Å². The van der Waals surface area contributed by atoms with Crippen molar-refractivity contribution in [3.63, 3.8) is 0 Å². The van der Waals surface area contributed by atoms with Crippen LogP contribution in [0, 0.1) is 5.92 Å². The van der Waals surface area contributed by atoms with E-state index in [1.807, 2.05) is 0 Å². The molecule has 0 radical (unpaired) electrons. The Morgan fingerprint density at radius 2 is 1.91 bits per heavy atom. The number of amides is 1. The highest BCUT2D eigenvalue weighted by Crippen LogP contribution is 2.32. The molecule has 116 valence electrons. The molecule has 1 aromatic carbocycles. The SMILES string of the molecule is Cn1nc(C(F)(F)F)cc1-c1ccc(NC(=O)C2CC2)cc1. The van der Waals surface area contributed by atoms with E-state index in [0.29, 0.717) is 16.9 Å². The number of aryl methyl sites for hydroxylation is 1. The van der Waals surface area contributed by atoms with Gasteiger partial charge in [-0.1, -0.05) is 12.1 Å². The molecule has 1 saturated carbocycles. The van der Waals surface area contributed by atoms with Crippen molar-refractivity contribution in [2.75, 3.05) is 5.32 Å². The number of hydrogen-bond acceptors (Lipinski definition) is 2. The van der Waals surface area contributed by atoms with Gasteiger partial charge in [0.25, 0.3) is 0 Å². The lowest BCUT2D eigenvalue weighted by Gasteiger charge is -2.06. The van der Waals surface area contributed by atoms with Crippen molar-refractivity contribution in [3.8, 4) is 11.3 Å². The molecule has 1 aromatic heterocycles. The number of nitrogens with one attached hydrogen (secondary N) is 1. The molecule has 0 atom stereocenters. The van der Waals surface area contributed by atoms with E-state index in [4.69, 9.17) is 0 Å². The number of halogens is 3. The topological polar surface area (TPSA) is 46.9 Å². The van der Waals surface area contributed by atoms with Gasteiger partial charge in [0.2, 0.25) is 5.91 Å². The van der Waals surface area contributed by atoms with Crippen LogP contribution in [0.3, 0.4) is 0 Å². The highest BCUT2D eigenvalue weighted by molar-refractivity contribution is 5.94. The van der Waals surface area contributed by atoms with Gasteiger partial charge in [-0.15, -0.1) is 0 Å². The molecule has 0 saturated heterocycles. The minimum atomic E-state index is -4.46. The van der Waals surface area contributed by atoms with Crippen LogP contribution in [0.25, 0.3) is 11.3 Å². The Kier molecular flexibility index (Phi) is 3.42. The molecule has 4 nitrogen and oxygen atoms in total. The van der Waals surface area contributed by atoms with E-state index >= 15 is 0 Å². The first kappa shape index (κ1) is 14.6. The fourth-order valence-corrected chi connectivity index (χ4v) is 2.19. The summed E-state index contributed by atoms with van der Waals surface area (Å²) < 4.78 is 39.2. The van der Waals surface area contributed by atoms with Gasteiger partial charge in [-0.2, -0.15) is 18.3 Å². The summed E-state index contributed by atoms with van der Waals surface area (Å²) in [6.45, 7) is 0. The average molecular weight is 309 g/mol. The molecule has 1 N–H and O–H groups in total. The van der Waals surface area contributed by atoms with Crippen LogP contribution >= 0.6 is 0 Å². The first-order chi connectivity index (χ1) is 10.3. The van der Waals surface area contributed by atoms with Gasteiger partial charge in [-0.25, -0.2) is 0 Å². The molecule has 1 amide bonds. The monoisotopic (exact) mass is 309 g/mol. The van der Waals surface area contributed by atoms with Gasteiger partial charge in [0.05, 0.1) is 5.69 Å². The van der Waals surface area contributed by atoms with Gasteiger partial charge in [0.15, 0.2) is 5.69 Å². The van der Waals surface area contributed by atoms with Gasteiger partial charge in [-0.05, 0) is 36.6 Å². The molecule has 0 aliphatic heterocycles. The summed E-state index contributed by atoms with van der Waals surface area (Å²) in [6.07, 6.45) is -2.63. The molecule has 0 unspecified atom stereocenters. The van der Waals surface area contributed by atoms with E-state index in [9.17, 15) is 18.0 Å². The van der Waals surface area contributed by atoms with Crippen LogP contribution in [-0.2, 0) is 18.0 Å². The Morgan fingerprint density at radius 1 is 1.27 bits per heavy atom. The second-order valence-corrected chi connectivity index (χ2v) is 5.38. The molecular weight excluding hydrogens is 295 g/mol. The molecule has 7 heteroatoms. The lowest BCUT2D eigenvalue weighted by molar-refractivity contribution is -0.141. The molecule has 1 aliphatic rings. The van der Waals surface area contributed by atoms with E-state index in [2.05, 4.69) is 10.4 Å². The zero-order chi connectivity index (χ0) is 15.9. The number of aromatic nitrogens is 2. The van der Waals surface area contributed by atoms with Crippen LogP contribution in [0.5, 0.6) is 0 Å². The Balaban J connectivity index is 1.80. The highest BCUT2D eigenvalue weighted by atomic mass is 19.4. The quantitative estimate of drug-likeness (QED) is 0.944. The standard InChI is InChI=1S/C15H14F3N3O/c1-21-12(8-13(20-21)15(16,17)18)9-4-6-11(7-5-9)19-14(22)10-2-3-10/h4-8,10H,2-3H2,1H3,(H,19,22). The van der Waals surface area contributed by atoms with Gasteiger partial charge in [0, 0.05) is 18.7 Å². The van der Waals surface area contributed by atoms with Crippen molar-refractivity contribution >= 4 is 11.6 Å². The second-order valence-electron chi connectivity index (χ2n) is 5.38. The third-order valence-corrected chi connectivity index (χ3v) is 3.57. The summed E-state index contributed by atoms with van der Waals surface area (Å²) in [7, 11) is 1.47. The lowest BCUT2D eigenvalue weighted by Crippen LogP contribution is -2.13. The summed E-state index contributed by atoms with van der Waals surface area (Å²) in [4.78, 5) is 11.6. The van der Waals surface area contributed by atoms with Crippen molar-refractivity contribution in [1.82, 2.24) is 9.78 Å². The predicted molar refractivity (Wildman–Crippen MR) is 75.0 cm³/mol. The van der Waals surface area contributed by atoms with Gasteiger partial charge in [0.1, 0.15) is 0 Å². The van der Waals surface area contributed by atoms with Crippen LogP contribution in [0.2, 0.25) is 0 Å². The molecule has 3 rings (SSSR count). The first-order valence-electron chi connectivity index (χ1n) is 6.87. The van der Waals surface area contributed by atoms with Crippen LogP contribution in [0.15, 0.2) is 30.3 Å². The number of nitrogens with zero attached hydrogens (tertiary/aromatic N) is 2. The van der Waals surface area contributed by atoms with Gasteiger partial charge >= 0.3 is 6.18 Å².